The highest BCUT2D eigenvalue weighted by atomic mass is 16.6. The van der Waals surface area contributed by atoms with Crippen LogP contribution in [-0.2, 0) is 0 Å². The average molecular weight is 274 g/mol. The van der Waals surface area contributed by atoms with Crippen molar-refractivity contribution in [2.24, 2.45) is 17.8 Å². The number of fused-ring (bicyclic) bond motifs is 1. The molecule has 0 spiro atoms. The smallest absolute Gasteiger partial charge is 0.172 e. The zero-order chi connectivity index (χ0) is 14.1. The summed E-state index contributed by atoms with van der Waals surface area (Å²) in [6, 6.07) is 5.63. The second-order valence-corrected chi connectivity index (χ2v) is 6.16. The minimum Gasteiger partial charge on any atom is -0.486 e. The maximum atomic E-state index is 12.8. The van der Waals surface area contributed by atoms with E-state index in [1.165, 1.54) is 0 Å². The lowest BCUT2D eigenvalue weighted by Crippen LogP contribution is -2.27. The number of carbonyl (C=O) groups excluding carboxylic acids is 1. The van der Waals surface area contributed by atoms with E-state index in [0.29, 0.717) is 36.2 Å². The predicted octanol–water partition coefficient (Wildman–Crippen LogP) is 3.71. The molecule has 0 amide bonds. The van der Waals surface area contributed by atoms with E-state index in [1.54, 1.807) is 0 Å². The highest BCUT2D eigenvalue weighted by Crippen LogP contribution is 2.39. The van der Waals surface area contributed by atoms with Crippen molar-refractivity contribution in [1.82, 2.24) is 0 Å². The van der Waals surface area contributed by atoms with Crippen molar-refractivity contribution in [2.45, 2.75) is 33.1 Å². The molecule has 1 heterocycles. The molecule has 0 radical (unpaired) electrons. The molecule has 1 aromatic carbocycles. The lowest BCUT2D eigenvalue weighted by Gasteiger charge is -2.31. The van der Waals surface area contributed by atoms with E-state index in [-0.39, 0.29) is 11.7 Å². The van der Waals surface area contributed by atoms with Crippen LogP contribution in [0.15, 0.2) is 18.2 Å². The van der Waals surface area contributed by atoms with Gasteiger partial charge in [0.25, 0.3) is 0 Å². The van der Waals surface area contributed by atoms with Crippen molar-refractivity contribution in [3.63, 3.8) is 0 Å². The number of ether oxygens (including phenoxy) is 2. The Bertz CT molecular complexity index is 509. The maximum Gasteiger partial charge on any atom is 0.172 e. The number of carbonyl (C=O) groups is 1. The summed E-state index contributed by atoms with van der Waals surface area (Å²) < 4.78 is 11.2. The van der Waals surface area contributed by atoms with E-state index in [2.05, 4.69) is 13.8 Å². The summed E-state index contributed by atoms with van der Waals surface area (Å²) in [7, 11) is 0. The minimum absolute atomic E-state index is 0.137. The number of hydrogen-bond acceptors (Lipinski definition) is 3. The van der Waals surface area contributed by atoms with Gasteiger partial charge in [-0.05, 0) is 43.2 Å². The first-order valence-electron chi connectivity index (χ1n) is 7.59. The van der Waals surface area contributed by atoms with E-state index in [0.717, 1.165) is 25.2 Å². The monoisotopic (exact) mass is 274 g/mol. The Balaban J connectivity index is 1.84. The fraction of sp³-hybridized carbons (Fsp3) is 0.588. The summed E-state index contributed by atoms with van der Waals surface area (Å²) in [5, 5.41) is 0. The largest absolute Gasteiger partial charge is 0.486 e. The zero-order valence-electron chi connectivity index (χ0n) is 12.2. The molecular weight excluding hydrogens is 252 g/mol. The summed E-state index contributed by atoms with van der Waals surface area (Å²) in [5.41, 5.74) is 0.703. The third kappa shape index (κ3) is 2.41. The standard InChI is InChI=1S/C17H22O3/c1-11-6-7-13(10-12(11)2)16(18)14-4-3-5-15-17(14)20-9-8-19-15/h3-5,11-13H,6-10H2,1-2H3. The van der Waals surface area contributed by atoms with Crippen LogP contribution in [0.3, 0.4) is 0 Å². The van der Waals surface area contributed by atoms with Crippen LogP contribution in [0.5, 0.6) is 11.5 Å². The van der Waals surface area contributed by atoms with Gasteiger partial charge in [-0.25, -0.2) is 0 Å². The van der Waals surface area contributed by atoms with E-state index in [1.807, 2.05) is 18.2 Å². The first kappa shape index (κ1) is 13.5. The molecule has 2 aliphatic rings. The number of ketones is 1. The molecule has 3 atom stereocenters. The molecule has 0 aromatic heterocycles. The Morgan fingerprint density at radius 3 is 2.70 bits per heavy atom. The number of benzene rings is 1. The molecule has 3 nitrogen and oxygen atoms in total. The molecule has 108 valence electrons. The van der Waals surface area contributed by atoms with Gasteiger partial charge in [-0.15, -0.1) is 0 Å². The SMILES string of the molecule is CC1CCC(C(=O)c2cccc3c2OCCO3)CC1C. The van der Waals surface area contributed by atoms with Crippen LogP contribution in [-0.4, -0.2) is 19.0 Å². The summed E-state index contributed by atoms with van der Waals surface area (Å²) in [6.07, 6.45) is 3.13. The molecule has 0 N–H and O–H groups in total. The van der Waals surface area contributed by atoms with Gasteiger partial charge in [0.05, 0.1) is 5.56 Å². The van der Waals surface area contributed by atoms with Crippen LogP contribution >= 0.6 is 0 Å². The summed E-state index contributed by atoms with van der Waals surface area (Å²) in [5.74, 6) is 3.07. The van der Waals surface area contributed by atoms with Crippen LogP contribution in [0.4, 0.5) is 0 Å². The average Bonchev–Trinajstić information content (AvgIpc) is 2.49. The van der Waals surface area contributed by atoms with Gasteiger partial charge in [-0.2, -0.15) is 0 Å². The van der Waals surface area contributed by atoms with Crippen LogP contribution in [0, 0.1) is 17.8 Å². The van der Waals surface area contributed by atoms with E-state index < -0.39 is 0 Å². The Kier molecular flexibility index (Phi) is 3.68. The maximum absolute atomic E-state index is 12.8. The fourth-order valence-electron chi connectivity index (χ4n) is 3.27. The van der Waals surface area contributed by atoms with Crippen molar-refractivity contribution < 1.29 is 14.3 Å². The van der Waals surface area contributed by atoms with Crippen LogP contribution in [0.1, 0.15) is 43.5 Å². The number of Topliss-reactive ketones (excluding diaryl/α,β-unsaturated/α-hetero) is 1. The van der Waals surface area contributed by atoms with Crippen molar-refractivity contribution in [3.8, 4) is 11.5 Å². The second kappa shape index (κ2) is 5.47. The van der Waals surface area contributed by atoms with Crippen molar-refractivity contribution >= 4 is 5.78 Å². The van der Waals surface area contributed by atoms with Gasteiger partial charge in [0.15, 0.2) is 17.3 Å². The number of rotatable bonds is 2. The van der Waals surface area contributed by atoms with Crippen molar-refractivity contribution in [2.75, 3.05) is 13.2 Å². The van der Waals surface area contributed by atoms with Gasteiger partial charge >= 0.3 is 0 Å². The van der Waals surface area contributed by atoms with E-state index >= 15 is 0 Å². The number of para-hydroxylation sites is 1. The Morgan fingerprint density at radius 2 is 1.90 bits per heavy atom. The fourth-order valence-corrected chi connectivity index (χ4v) is 3.27. The first-order valence-corrected chi connectivity index (χ1v) is 7.59. The summed E-state index contributed by atoms with van der Waals surface area (Å²) in [6.45, 7) is 5.62. The zero-order valence-corrected chi connectivity index (χ0v) is 12.2. The molecule has 3 heteroatoms. The van der Waals surface area contributed by atoms with E-state index in [9.17, 15) is 4.79 Å². The highest BCUT2D eigenvalue weighted by Gasteiger charge is 2.32. The molecule has 3 unspecified atom stereocenters. The minimum atomic E-state index is 0.137. The Hall–Kier alpha value is -1.51. The highest BCUT2D eigenvalue weighted by molar-refractivity contribution is 6.01. The molecule has 0 saturated heterocycles. The lowest BCUT2D eigenvalue weighted by atomic mass is 9.73. The normalized spacial score (nSPS) is 29.0. The van der Waals surface area contributed by atoms with Gasteiger partial charge < -0.3 is 9.47 Å². The number of hydrogen-bond donors (Lipinski definition) is 0. The molecule has 0 bridgehead atoms. The molecule has 1 aliphatic heterocycles. The first-order chi connectivity index (χ1) is 9.66. The van der Waals surface area contributed by atoms with Gasteiger partial charge in [-0.1, -0.05) is 19.9 Å². The van der Waals surface area contributed by atoms with Crippen LogP contribution < -0.4 is 9.47 Å². The Morgan fingerprint density at radius 1 is 1.10 bits per heavy atom. The third-order valence-electron chi connectivity index (χ3n) is 4.80. The van der Waals surface area contributed by atoms with E-state index in [4.69, 9.17) is 9.47 Å². The van der Waals surface area contributed by atoms with Gasteiger partial charge in [0.2, 0.25) is 0 Å². The van der Waals surface area contributed by atoms with Gasteiger partial charge in [0, 0.05) is 5.92 Å². The summed E-state index contributed by atoms with van der Waals surface area (Å²) in [4.78, 5) is 12.8. The second-order valence-electron chi connectivity index (χ2n) is 6.16. The molecule has 1 aromatic rings. The molecule has 1 fully saturated rings. The third-order valence-corrected chi connectivity index (χ3v) is 4.80. The van der Waals surface area contributed by atoms with Crippen molar-refractivity contribution in [1.29, 1.82) is 0 Å². The molecule has 20 heavy (non-hydrogen) atoms. The quantitative estimate of drug-likeness (QED) is 0.771. The van der Waals surface area contributed by atoms with Gasteiger partial charge in [0.1, 0.15) is 13.2 Å². The predicted molar refractivity (Wildman–Crippen MR) is 77.4 cm³/mol. The van der Waals surface area contributed by atoms with Crippen LogP contribution in [0.2, 0.25) is 0 Å². The lowest BCUT2D eigenvalue weighted by molar-refractivity contribution is 0.0827. The molecule has 3 rings (SSSR count). The molecular formula is C17H22O3. The van der Waals surface area contributed by atoms with Gasteiger partial charge in [-0.3, -0.25) is 4.79 Å². The van der Waals surface area contributed by atoms with Crippen molar-refractivity contribution in [3.05, 3.63) is 23.8 Å². The summed E-state index contributed by atoms with van der Waals surface area (Å²) >= 11 is 0. The molecule has 1 saturated carbocycles. The Labute approximate surface area is 120 Å². The van der Waals surface area contributed by atoms with Crippen LogP contribution in [0.25, 0.3) is 0 Å². The molecule has 1 aliphatic carbocycles. The topological polar surface area (TPSA) is 35.5 Å².